The van der Waals surface area contributed by atoms with Crippen LogP contribution in [0.15, 0.2) is 36.4 Å². The zero-order valence-electron chi connectivity index (χ0n) is 11.6. The Kier molecular flexibility index (Phi) is 3.81. The molecule has 1 saturated carbocycles. The summed E-state index contributed by atoms with van der Waals surface area (Å²) in [5.41, 5.74) is 5.98. The predicted octanol–water partition coefficient (Wildman–Crippen LogP) is 2.19. The highest BCUT2D eigenvalue weighted by atomic mass is 16.2. The Bertz CT molecular complexity index is 678. The third-order valence-electron chi connectivity index (χ3n) is 3.86. The molecule has 2 N–H and O–H groups in total. The summed E-state index contributed by atoms with van der Waals surface area (Å²) in [5, 5.41) is 0.976. The maximum atomic E-state index is 12.0. The van der Waals surface area contributed by atoms with Gasteiger partial charge in [0.1, 0.15) is 5.69 Å². The number of benzene rings is 1. The molecule has 0 aliphatic heterocycles. The van der Waals surface area contributed by atoms with Gasteiger partial charge in [0.25, 0.3) is 5.91 Å². The normalized spacial score (nSPS) is 15.0. The Morgan fingerprint density at radius 1 is 1.00 bits per heavy atom. The van der Waals surface area contributed by atoms with Crippen LogP contribution < -0.4 is 10.9 Å². The van der Waals surface area contributed by atoms with Gasteiger partial charge in [-0.05, 0) is 25.0 Å². The summed E-state index contributed by atoms with van der Waals surface area (Å²) in [6.45, 7) is 0. The molecule has 1 aromatic heterocycles. The van der Waals surface area contributed by atoms with Crippen molar-refractivity contribution < 1.29 is 9.59 Å². The standard InChI is InChI=1S/C16H17N3O2/c20-15(12-6-1-2-7-12)18-19-16(21)14-10-9-11-5-3-4-8-13(11)17-14/h3-5,8-10,12H,1-2,6-7H2,(H,18,20)(H,19,21). The van der Waals surface area contributed by atoms with Crippen LogP contribution in [-0.4, -0.2) is 16.8 Å². The van der Waals surface area contributed by atoms with Gasteiger partial charge >= 0.3 is 0 Å². The predicted molar refractivity (Wildman–Crippen MR) is 79.3 cm³/mol. The molecular formula is C16H17N3O2. The number of nitrogens with one attached hydrogen (secondary N) is 2. The number of carbonyl (C=O) groups is 2. The third kappa shape index (κ3) is 3.02. The van der Waals surface area contributed by atoms with Gasteiger partial charge in [0.2, 0.25) is 5.91 Å². The summed E-state index contributed by atoms with van der Waals surface area (Å²) in [7, 11) is 0. The number of nitrogens with zero attached hydrogens (tertiary/aromatic N) is 1. The number of para-hydroxylation sites is 1. The number of pyridine rings is 1. The van der Waals surface area contributed by atoms with Gasteiger partial charge in [0, 0.05) is 11.3 Å². The van der Waals surface area contributed by atoms with Crippen molar-refractivity contribution in [2.45, 2.75) is 25.7 Å². The third-order valence-corrected chi connectivity index (χ3v) is 3.86. The van der Waals surface area contributed by atoms with Crippen LogP contribution in [-0.2, 0) is 4.79 Å². The minimum Gasteiger partial charge on any atom is -0.273 e. The van der Waals surface area contributed by atoms with Crippen molar-refractivity contribution in [2.24, 2.45) is 5.92 Å². The first-order valence-corrected chi connectivity index (χ1v) is 7.20. The first-order valence-electron chi connectivity index (χ1n) is 7.20. The molecule has 1 aromatic carbocycles. The molecule has 2 aromatic rings. The average molecular weight is 283 g/mol. The van der Waals surface area contributed by atoms with Gasteiger partial charge in [-0.2, -0.15) is 0 Å². The summed E-state index contributed by atoms with van der Waals surface area (Å²) in [6, 6.07) is 11.1. The lowest BCUT2D eigenvalue weighted by molar-refractivity contribution is -0.125. The highest BCUT2D eigenvalue weighted by molar-refractivity contribution is 5.96. The molecule has 1 heterocycles. The fourth-order valence-electron chi connectivity index (χ4n) is 2.66. The molecule has 3 rings (SSSR count). The Morgan fingerprint density at radius 2 is 1.76 bits per heavy atom. The van der Waals surface area contributed by atoms with E-state index >= 15 is 0 Å². The molecular weight excluding hydrogens is 266 g/mol. The Labute approximate surface area is 122 Å². The summed E-state index contributed by atoms with van der Waals surface area (Å²) < 4.78 is 0. The lowest BCUT2D eigenvalue weighted by atomic mass is 10.1. The van der Waals surface area contributed by atoms with Gasteiger partial charge in [0.15, 0.2) is 0 Å². The summed E-state index contributed by atoms with van der Waals surface area (Å²) in [5.74, 6) is -0.483. The van der Waals surface area contributed by atoms with Crippen LogP contribution in [0.5, 0.6) is 0 Å². The van der Waals surface area contributed by atoms with E-state index in [4.69, 9.17) is 0 Å². The molecule has 21 heavy (non-hydrogen) atoms. The van der Waals surface area contributed by atoms with Crippen molar-refractivity contribution in [3.05, 3.63) is 42.1 Å². The van der Waals surface area contributed by atoms with Crippen molar-refractivity contribution in [1.29, 1.82) is 0 Å². The molecule has 1 fully saturated rings. The number of hydrogen-bond donors (Lipinski definition) is 2. The Balaban J connectivity index is 1.64. The Morgan fingerprint density at radius 3 is 2.57 bits per heavy atom. The zero-order chi connectivity index (χ0) is 14.7. The first kappa shape index (κ1) is 13.5. The van der Waals surface area contributed by atoms with Gasteiger partial charge in [0.05, 0.1) is 5.52 Å². The van der Waals surface area contributed by atoms with E-state index in [0.717, 1.165) is 36.6 Å². The molecule has 0 bridgehead atoms. The zero-order valence-corrected chi connectivity index (χ0v) is 11.6. The topological polar surface area (TPSA) is 71.1 Å². The quantitative estimate of drug-likeness (QED) is 0.830. The smallest absolute Gasteiger partial charge is 0.273 e. The van der Waals surface area contributed by atoms with E-state index in [-0.39, 0.29) is 11.8 Å². The molecule has 1 aliphatic rings. The largest absolute Gasteiger partial charge is 0.288 e. The molecule has 0 atom stereocenters. The summed E-state index contributed by atoms with van der Waals surface area (Å²) >= 11 is 0. The highest BCUT2D eigenvalue weighted by Crippen LogP contribution is 2.24. The number of carbonyl (C=O) groups excluding carboxylic acids is 2. The fourth-order valence-corrected chi connectivity index (χ4v) is 2.66. The van der Waals surface area contributed by atoms with E-state index in [1.807, 2.05) is 30.3 Å². The van der Waals surface area contributed by atoms with Crippen molar-refractivity contribution in [3.8, 4) is 0 Å². The summed E-state index contributed by atoms with van der Waals surface area (Å²) in [6.07, 6.45) is 3.96. The van der Waals surface area contributed by atoms with E-state index in [1.165, 1.54) is 0 Å². The monoisotopic (exact) mass is 283 g/mol. The SMILES string of the molecule is O=C(NNC(=O)C1CCCC1)c1ccc2ccccc2n1. The van der Waals surface area contributed by atoms with Gasteiger partial charge in [-0.1, -0.05) is 37.1 Å². The van der Waals surface area contributed by atoms with Gasteiger partial charge in [-0.15, -0.1) is 0 Å². The molecule has 0 radical (unpaired) electrons. The number of hydrogen-bond acceptors (Lipinski definition) is 3. The summed E-state index contributed by atoms with van der Waals surface area (Å²) in [4.78, 5) is 28.2. The minimum absolute atomic E-state index is 0.0230. The second kappa shape index (κ2) is 5.91. The lowest BCUT2D eigenvalue weighted by Crippen LogP contribution is -2.44. The molecule has 108 valence electrons. The molecule has 0 unspecified atom stereocenters. The average Bonchev–Trinajstić information content (AvgIpc) is 3.06. The van der Waals surface area contributed by atoms with E-state index in [0.29, 0.717) is 5.69 Å². The van der Waals surface area contributed by atoms with Crippen molar-refractivity contribution in [2.75, 3.05) is 0 Å². The first-order chi connectivity index (χ1) is 10.2. The number of aromatic nitrogens is 1. The van der Waals surface area contributed by atoms with Crippen molar-refractivity contribution in [3.63, 3.8) is 0 Å². The maximum absolute atomic E-state index is 12.0. The number of hydrazine groups is 1. The number of rotatable bonds is 2. The molecule has 5 heteroatoms. The van der Waals surface area contributed by atoms with Crippen LogP contribution in [0.4, 0.5) is 0 Å². The number of fused-ring (bicyclic) bond motifs is 1. The number of amides is 2. The van der Waals surface area contributed by atoms with E-state index in [9.17, 15) is 9.59 Å². The van der Waals surface area contributed by atoms with Crippen LogP contribution in [0.2, 0.25) is 0 Å². The molecule has 0 saturated heterocycles. The molecule has 2 amide bonds. The van der Waals surface area contributed by atoms with Gasteiger partial charge < -0.3 is 0 Å². The van der Waals surface area contributed by atoms with Gasteiger partial charge in [-0.3, -0.25) is 20.4 Å². The van der Waals surface area contributed by atoms with Crippen LogP contribution in [0, 0.1) is 5.92 Å². The van der Waals surface area contributed by atoms with Crippen LogP contribution in [0.3, 0.4) is 0 Å². The Hall–Kier alpha value is -2.43. The van der Waals surface area contributed by atoms with Crippen LogP contribution in [0.25, 0.3) is 10.9 Å². The van der Waals surface area contributed by atoms with Crippen molar-refractivity contribution >= 4 is 22.7 Å². The van der Waals surface area contributed by atoms with Crippen LogP contribution in [0.1, 0.15) is 36.2 Å². The van der Waals surface area contributed by atoms with E-state index in [1.54, 1.807) is 6.07 Å². The van der Waals surface area contributed by atoms with Crippen LogP contribution >= 0.6 is 0 Å². The lowest BCUT2D eigenvalue weighted by Gasteiger charge is -2.11. The molecule has 0 spiro atoms. The molecule has 5 nitrogen and oxygen atoms in total. The van der Waals surface area contributed by atoms with Gasteiger partial charge in [-0.25, -0.2) is 4.98 Å². The van der Waals surface area contributed by atoms with E-state index < -0.39 is 5.91 Å². The highest BCUT2D eigenvalue weighted by Gasteiger charge is 2.23. The fraction of sp³-hybridized carbons (Fsp3) is 0.312. The maximum Gasteiger partial charge on any atom is 0.288 e. The van der Waals surface area contributed by atoms with E-state index in [2.05, 4.69) is 15.8 Å². The second-order valence-corrected chi connectivity index (χ2v) is 5.31. The second-order valence-electron chi connectivity index (χ2n) is 5.31. The molecule has 1 aliphatic carbocycles. The van der Waals surface area contributed by atoms with Crippen molar-refractivity contribution in [1.82, 2.24) is 15.8 Å². The minimum atomic E-state index is -0.396.